The van der Waals surface area contributed by atoms with E-state index in [1.54, 1.807) is 29.2 Å². The molecule has 3 rings (SSSR count). The van der Waals surface area contributed by atoms with Crippen molar-refractivity contribution in [2.24, 2.45) is 0 Å². The third-order valence-electron chi connectivity index (χ3n) is 4.95. The number of anilines is 1. The molecule has 0 aromatic heterocycles. The van der Waals surface area contributed by atoms with Gasteiger partial charge in [0.1, 0.15) is 0 Å². The molecule has 1 aliphatic heterocycles. The first-order valence-electron chi connectivity index (χ1n) is 9.31. The smallest absolute Gasteiger partial charge is 0.253 e. The van der Waals surface area contributed by atoms with E-state index in [0.717, 1.165) is 12.5 Å². The maximum absolute atomic E-state index is 12.8. The fourth-order valence-electron chi connectivity index (χ4n) is 3.45. The molecule has 162 valence electrons. The van der Waals surface area contributed by atoms with Crippen molar-refractivity contribution in [3.8, 4) is 0 Å². The third-order valence-corrected chi connectivity index (χ3v) is 7.43. The zero-order valence-corrected chi connectivity index (χ0v) is 19.1. The van der Waals surface area contributed by atoms with Gasteiger partial charge in [-0.25, -0.2) is 16.8 Å². The van der Waals surface area contributed by atoms with Gasteiger partial charge in [-0.05, 0) is 42.8 Å². The molecule has 30 heavy (non-hydrogen) atoms. The summed E-state index contributed by atoms with van der Waals surface area (Å²) in [4.78, 5) is 16.3. The van der Waals surface area contributed by atoms with E-state index in [1.165, 1.54) is 18.2 Å². The Kier molecular flexibility index (Phi) is 6.45. The van der Waals surface area contributed by atoms with E-state index in [-0.39, 0.29) is 15.7 Å². The van der Waals surface area contributed by atoms with Crippen LogP contribution in [-0.2, 0) is 19.7 Å². The van der Waals surface area contributed by atoms with Gasteiger partial charge in [0.2, 0.25) is 0 Å². The molecule has 0 atom stereocenters. The Bertz CT molecular complexity index is 1180. The van der Waals surface area contributed by atoms with Crippen LogP contribution in [-0.4, -0.2) is 66.3 Å². The van der Waals surface area contributed by atoms with Gasteiger partial charge in [-0.15, -0.1) is 0 Å². The van der Waals surface area contributed by atoms with Gasteiger partial charge < -0.3 is 9.80 Å². The van der Waals surface area contributed by atoms with Crippen molar-refractivity contribution < 1.29 is 21.6 Å². The largest absolute Gasteiger partial charge is 0.369 e. The Morgan fingerprint density at radius 2 is 1.63 bits per heavy atom. The summed E-state index contributed by atoms with van der Waals surface area (Å²) >= 11 is 5.99. The standard InChI is InChI=1S/C20H23ClN2O5S2/c1-29(25,26)17-7-8-18(19(14-17)30(2,27)28)22-9-4-10-23(12-11-22)20(24)15-5-3-6-16(21)13-15/h3,5-8,13-14H,4,9-12H2,1-2H3. The summed E-state index contributed by atoms with van der Waals surface area (Å²) in [5, 5.41) is 0.487. The summed E-state index contributed by atoms with van der Waals surface area (Å²) in [6.45, 7) is 1.90. The normalized spacial score (nSPS) is 15.7. The molecule has 0 radical (unpaired) electrons. The van der Waals surface area contributed by atoms with Gasteiger partial charge in [-0.1, -0.05) is 17.7 Å². The number of amides is 1. The van der Waals surface area contributed by atoms with Crippen molar-refractivity contribution in [3.63, 3.8) is 0 Å². The number of benzene rings is 2. The highest BCUT2D eigenvalue weighted by Crippen LogP contribution is 2.29. The quantitative estimate of drug-likeness (QED) is 0.681. The predicted molar refractivity (Wildman–Crippen MR) is 117 cm³/mol. The fraction of sp³-hybridized carbons (Fsp3) is 0.350. The summed E-state index contributed by atoms with van der Waals surface area (Å²) in [7, 11) is -7.20. The maximum Gasteiger partial charge on any atom is 0.253 e. The Hall–Kier alpha value is -2.10. The second-order valence-electron chi connectivity index (χ2n) is 7.32. The van der Waals surface area contributed by atoms with Gasteiger partial charge in [0, 0.05) is 49.3 Å². The summed E-state index contributed by atoms with van der Waals surface area (Å²) in [5.74, 6) is -0.130. The third kappa shape index (κ3) is 5.14. The molecule has 1 saturated heterocycles. The van der Waals surface area contributed by atoms with Crippen molar-refractivity contribution in [3.05, 3.63) is 53.1 Å². The van der Waals surface area contributed by atoms with Crippen LogP contribution in [0.1, 0.15) is 16.8 Å². The highest BCUT2D eigenvalue weighted by atomic mass is 35.5. The van der Waals surface area contributed by atoms with E-state index >= 15 is 0 Å². The first kappa shape index (κ1) is 22.6. The Balaban J connectivity index is 1.87. The van der Waals surface area contributed by atoms with Crippen molar-refractivity contribution in [2.45, 2.75) is 16.2 Å². The lowest BCUT2D eigenvalue weighted by Gasteiger charge is -2.26. The van der Waals surface area contributed by atoms with Crippen molar-refractivity contribution in [1.29, 1.82) is 0 Å². The average molecular weight is 471 g/mol. The molecule has 1 amide bonds. The molecule has 1 aliphatic rings. The molecule has 0 saturated carbocycles. The number of rotatable bonds is 4. The predicted octanol–water partition coefficient (Wildman–Crippen LogP) is 2.50. The number of carbonyl (C=O) groups is 1. The van der Waals surface area contributed by atoms with E-state index in [4.69, 9.17) is 11.6 Å². The molecule has 0 bridgehead atoms. The second-order valence-corrected chi connectivity index (χ2v) is 11.8. The molecule has 2 aromatic rings. The first-order chi connectivity index (χ1) is 14.0. The highest BCUT2D eigenvalue weighted by molar-refractivity contribution is 7.91. The van der Waals surface area contributed by atoms with Gasteiger partial charge >= 0.3 is 0 Å². The van der Waals surface area contributed by atoms with Crippen molar-refractivity contribution in [1.82, 2.24) is 4.90 Å². The van der Waals surface area contributed by atoms with Crippen LogP contribution in [0.4, 0.5) is 5.69 Å². The van der Waals surface area contributed by atoms with Gasteiger partial charge in [-0.3, -0.25) is 4.79 Å². The summed E-state index contributed by atoms with van der Waals surface area (Å²) < 4.78 is 48.4. The molecule has 1 heterocycles. The van der Waals surface area contributed by atoms with Crippen LogP contribution in [0.2, 0.25) is 5.02 Å². The van der Waals surface area contributed by atoms with E-state index in [1.807, 2.05) is 4.90 Å². The number of nitrogens with zero attached hydrogens (tertiary/aromatic N) is 2. The number of hydrogen-bond donors (Lipinski definition) is 0. The zero-order valence-electron chi connectivity index (χ0n) is 16.7. The van der Waals surface area contributed by atoms with Crippen LogP contribution in [0.5, 0.6) is 0 Å². The lowest BCUT2D eigenvalue weighted by molar-refractivity contribution is 0.0767. The molecule has 0 spiro atoms. The minimum atomic E-state index is -3.66. The molecule has 0 aliphatic carbocycles. The van der Waals surface area contributed by atoms with E-state index in [9.17, 15) is 21.6 Å². The van der Waals surface area contributed by atoms with E-state index in [0.29, 0.717) is 48.9 Å². The summed E-state index contributed by atoms with van der Waals surface area (Å²) in [6.07, 6.45) is 2.74. The van der Waals surface area contributed by atoms with Gasteiger partial charge in [0.25, 0.3) is 5.91 Å². The molecular formula is C20H23ClN2O5S2. The molecule has 0 unspecified atom stereocenters. The average Bonchev–Trinajstić information content (AvgIpc) is 2.91. The van der Waals surface area contributed by atoms with Crippen molar-refractivity contribution >= 4 is 42.9 Å². The Labute approximate surface area is 182 Å². The lowest BCUT2D eigenvalue weighted by atomic mass is 10.2. The van der Waals surface area contributed by atoms with Crippen LogP contribution in [0, 0.1) is 0 Å². The lowest BCUT2D eigenvalue weighted by Crippen LogP contribution is -2.35. The van der Waals surface area contributed by atoms with Crippen LogP contribution in [0.3, 0.4) is 0 Å². The molecule has 10 heteroatoms. The highest BCUT2D eigenvalue weighted by Gasteiger charge is 2.25. The summed E-state index contributed by atoms with van der Waals surface area (Å²) in [6, 6.07) is 10.9. The van der Waals surface area contributed by atoms with Gasteiger partial charge in [0.05, 0.1) is 15.5 Å². The fourth-order valence-corrected chi connectivity index (χ4v) is 5.28. The zero-order chi connectivity index (χ0) is 22.1. The summed E-state index contributed by atoms with van der Waals surface area (Å²) in [5.41, 5.74) is 0.951. The Morgan fingerprint density at radius 1 is 0.900 bits per heavy atom. The molecular weight excluding hydrogens is 448 g/mol. The maximum atomic E-state index is 12.8. The number of sulfone groups is 2. The SMILES string of the molecule is CS(=O)(=O)c1ccc(N2CCCN(C(=O)c3cccc(Cl)c3)CC2)c(S(C)(=O)=O)c1. The first-order valence-corrected chi connectivity index (χ1v) is 13.5. The minimum absolute atomic E-state index is 0.0277. The van der Waals surface area contributed by atoms with E-state index in [2.05, 4.69) is 0 Å². The van der Waals surface area contributed by atoms with Crippen LogP contribution < -0.4 is 4.90 Å². The van der Waals surface area contributed by atoms with Crippen molar-refractivity contribution in [2.75, 3.05) is 43.6 Å². The van der Waals surface area contributed by atoms with Crippen LogP contribution >= 0.6 is 11.6 Å². The van der Waals surface area contributed by atoms with E-state index < -0.39 is 19.7 Å². The topological polar surface area (TPSA) is 91.8 Å². The monoisotopic (exact) mass is 470 g/mol. The number of carbonyl (C=O) groups excluding carboxylic acids is 1. The molecule has 2 aromatic carbocycles. The Morgan fingerprint density at radius 3 is 2.27 bits per heavy atom. The number of hydrogen-bond acceptors (Lipinski definition) is 6. The minimum Gasteiger partial charge on any atom is -0.369 e. The van der Waals surface area contributed by atoms with Crippen LogP contribution in [0.15, 0.2) is 52.3 Å². The van der Waals surface area contributed by atoms with Gasteiger partial charge in [0.15, 0.2) is 19.7 Å². The van der Waals surface area contributed by atoms with Crippen LogP contribution in [0.25, 0.3) is 0 Å². The molecule has 1 fully saturated rings. The molecule has 0 N–H and O–H groups in total. The second kappa shape index (κ2) is 8.56. The molecule has 7 nitrogen and oxygen atoms in total. The van der Waals surface area contributed by atoms with Gasteiger partial charge in [-0.2, -0.15) is 0 Å². The number of halogens is 1.